The Balaban J connectivity index is 2.76. The molecule has 0 fully saturated rings. The van der Waals surface area contributed by atoms with Crippen molar-refractivity contribution in [2.45, 2.75) is 0 Å². The smallest absolute Gasteiger partial charge is 0.337 e. The molecule has 1 rings (SSSR count). The van der Waals surface area contributed by atoms with Crippen LogP contribution < -0.4 is 11.1 Å². The van der Waals surface area contributed by atoms with Crippen LogP contribution >= 0.6 is 0 Å². The van der Waals surface area contributed by atoms with E-state index in [-0.39, 0.29) is 0 Å². The van der Waals surface area contributed by atoms with Crippen LogP contribution in [0.25, 0.3) is 0 Å². The lowest BCUT2D eigenvalue weighted by atomic mass is 10.1. The van der Waals surface area contributed by atoms with Gasteiger partial charge in [0, 0.05) is 29.4 Å². The Bertz CT molecular complexity index is 435. The maximum atomic E-state index is 11.3. The minimum atomic E-state index is -0.857. The first-order chi connectivity index (χ1) is 8.04. The number of nitrogens with two attached hydrogens (primary N) is 1. The Kier molecular flexibility index (Phi) is 4.96. The van der Waals surface area contributed by atoms with Crippen molar-refractivity contribution in [3.8, 4) is 0 Å². The van der Waals surface area contributed by atoms with Crippen molar-refractivity contribution in [3.05, 3.63) is 23.8 Å². The molecule has 1 aromatic carbocycles. The van der Waals surface area contributed by atoms with Crippen LogP contribution in [0.1, 0.15) is 10.4 Å². The molecule has 0 aliphatic heterocycles. The van der Waals surface area contributed by atoms with Crippen molar-refractivity contribution in [3.63, 3.8) is 0 Å². The lowest BCUT2D eigenvalue weighted by molar-refractivity contribution is 0.0601. The monoisotopic (exact) mass is 256 g/mol. The number of methoxy groups -OCH3 is 1. The third kappa shape index (κ3) is 4.07. The molecule has 0 aliphatic carbocycles. The molecule has 0 radical (unpaired) electrons. The summed E-state index contributed by atoms with van der Waals surface area (Å²) in [6.07, 6.45) is 1.63. The van der Waals surface area contributed by atoms with E-state index in [0.717, 1.165) is 0 Å². The van der Waals surface area contributed by atoms with Gasteiger partial charge in [0.15, 0.2) is 0 Å². The van der Waals surface area contributed by atoms with Crippen molar-refractivity contribution in [2.75, 3.05) is 36.7 Å². The average Bonchev–Trinajstić information content (AvgIpc) is 2.30. The molecule has 0 aromatic heterocycles. The summed E-state index contributed by atoms with van der Waals surface area (Å²) in [7, 11) is 0.469. The molecule has 3 N–H and O–H groups in total. The Labute approximate surface area is 103 Å². The van der Waals surface area contributed by atoms with Crippen LogP contribution in [-0.2, 0) is 15.5 Å². The minimum Gasteiger partial charge on any atom is -0.465 e. The summed E-state index contributed by atoms with van der Waals surface area (Å²) >= 11 is 0. The number of hydrogen-bond acceptors (Lipinski definition) is 5. The molecule has 0 saturated carbocycles. The molecule has 6 heteroatoms. The summed E-state index contributed by atoms with van der Waals surface area (Å²) < 4.78 is 15.5. The molecule has 0 heterocycles. The van der Waals surface area contributed by atoms with Gasteiger partial charge in [-0.25, -0.2) is 4.79 Å². The molecule has 5 nitrogen and oxygen atoms in total. The first kappa shape index (κ1) is 13.5. The highest BCUT2D eigenvalue weighted by Gasteiger charge is 2.08. The third-order valence-electron chi connectivity index (χ3n) is 2.18. The maximum absolute atomic E-state index is 11.3. The van der Waals surface area contributed by atoms with Crippen LogP contribution in [0.3, 0.4) is 0 Å². The van der Waals surface area contributed by atoms with Gasteiger partial charge in [-0.3, -0.25) is 4.21 Å². The number of anilines is 2. The van der Waals surface area contributed by atoms with Gasteiger partial charge in [-0.1, -0.05) is 0 Å². The average molecular weight is 256 g/mol. The summed E-state index contributed by atoms with van der Waals surface area (Å²) in [4.78, 5) is 11.3. The van der Waals surface area contributed by atoms with Gasteiger partial charge in [0.25, 0.3) is 0 Å². The van der Waals surface area contributed by atoms with Crippen molar-refractivity contribution in [2.24, 2.45) is 0 Å². The number of ether oxygens (including phenoxy) is 1. The van der Waals surface area contributed by atoms with Crippen LogP contribution in [0.2, 0.25) is 0 Å². The summed E-state index contributed by atoms with van der Waals surface area (Å²) in [6, 6.07) is 4.86. The zero-order valence-electron chi connectivity index (χ0n) is 9.86. The van der Waals surface area contributed by atoms with Crippen LogP contribution in [0.15, 0.2) is 18.2 Å². The van der Waals surface area contributed by atoms with E-state index in [1.54, 1.807) is 24.5 Å². The lowest BCUT2D eigenvalue weighted by Gasteiger charge is -2.10. The number of rotatable bonds is 5. The standard InChI is InChI=1S/C11H16N2O3S/c1-16-11(14)8-3-4-9(12)10(7-8)13-5-6-17(2)15/h3-4,7,13H,5-6,12H2,1-2H3. The second-order valence-electron chi connectivity index (χ2n) is 3.50. The number of carbonyl (C=O) groups excluding carboxylic acids is 1. The quantitative estimate of drug-likeness (QED) is 0.603. The second kappa shape index (κ2) is 6.24. The van der Waals surface area contributed by atoms with E-state index in [4.69, 9.17) is 5.73 Å². The van der Waals surface area contributed by atoms with Crippen LogP contribution in [-0.4, -0.2) is 35.8 Å². The predicted molar refractivity (Wildman–Crippen MR) is 69.6 cm³/mol. The van der Waals surface area contributed by atoms with Crippen LogP contribution in [0.5, 0.6) is 0 Å². The predicted octanol–water partition coefficient (Wildman–Crippen LogP) is 0.846. The summed E-state index contributed by atoms with van der Waals surface area (Å²) in [5, 5.41) is 3.04. The number of hydrogen-bond donors (Lipinski definition) is 2. The number of benzene rings is 1. The molecule has 1 aromatic rings. The van der Waals surface area contributed by atoms with E-state index >= 15 is 0 Å². The SMILES string of the molecule is COC(=O)c1ccc(N)c(NCCS(C)=O)c1. The van der Waals surface area contributed by atoms with Crippen LogP contribution in [0.4, 0.5) is 11.4 Å². The van der Waals surface area contributed by atoms with E-state index < -0.39 is 16.8 Å². The molecule has 0 aliphatic rings. The lowest BCUT2D eigenvalue weighted by Crippen LogP contribution is -2.12. The fourth-order valence-electron chi connectivity index (χ4n) is 1.28. The van der Waals surface area contributed by atoms with Crippen LogP contribution in [0, 0.1) is 0 Å². The van der Waals surface area contributed by atoms with Gasteiger partial charge < -0.3 is 15.8 Å². The molecule has 0 spiro atoms. The van der Waals surface area contributed by atoms with E-state index in [1.165, 1.54) is 7.11 Å². The molecule has 0 amide bonds. The van der Waals surface area contributed by atoms with E-state index in [9.17, 15) is 9.00 Å². The topological polar surface area (TPSA) is 81.4 Å². The number of esters is 1. The molecule has 17 heavy (non-hydrogen) atoms. The molecule has 1 atom stereocenters. The second-order valence-corrected chi connectivity index (χ2v) is 5.05. The maximum Gasteiger partial charge on any atom is 0.337 e. The Hall–Kier alpha value is -1.56. The number of nitrogens with one attached hydrogen (secondary N) is 1. The Morgan fingerprint density at radius 2 is 2.24 bits per heavy atom. The highest BCUT2D eigenvalue weighted by atomic mass is 32.2. The van der Waals surface area contributed by atoms with Gasteiger partial charge in [-0.2, -0.15) is 0 Å². The summed E-state index contributed by atoms with van der Waals surface area (Å²) in [5.41, 5.74) is 7.38. The van der Waals surface area contributed by atoms with Gasteiger partial charge in [-0.05, 0) is 18.2 Å². The Morgan fingerprint density at radius 3 is 2.82 bits per heavy atom. The zero-order chi connectivity index (χ0) is 12.8. The molecule has 94 valence electrons. The van der Waals surface area contributed by atoms with E-state index in [1.807, 2.05) is 0 Å². The van der Waals surface area contributed by atoms with Crippen molar-refractivity contribution < 1.29 is 13.7 Å². The Morgan fingerprint density at radius 1 is 1.53 bits per heavy atom. The van der Waals surface area contributed by atoms with Gasteiger partial charge in [0.05, 0.1) is 24.0 Å². The van der Waals surface area contributed by atoms with Gasteiger partial charge in [0.1, 0.15) is 0 Å². The number of nitrogen functional groups attached to an aromatic ring is 1. The van der Waals surface area contributed by atoms with Gasteiger partial charge in [0.2, 0.25) is 0 Å². The zero-order valence-corrected chi connectivity index (χ0v) is 10.7. The normalized spacial score (nSPS) is 11.9. The van der Waals surface area contributed by atoms with Crippen molar-refractivity contribution >= 4 is 28.1 Å². The third-order valence-corrected chi connectivity index (χ3v) is 2.96. The molecule has 1 unspecified atom stereocenters. The number of carbonyl (C=O) groups is 1. The minimum absolute atomic E-state index is 0.410. The molecular weight excluding hydrogens is 240 g/mol. The summed E-state index contributed by atoms with van der Waals surface area (Å²) in [6.45, 7) is 0.540. The van der Waals surface area contributed by atoms with E-state index in [2.05, 4.69) is 10.1 Å². The van der Waals surface area contributed by atoms with Crippen molar-refractivity contribution in [1.29, 1.82) is 0 Å². The van der Waals surface area contributed by atoms with E-state index in [0.29, 0.717) is 29.2 Å². The fourth-order valence-corrected chi connectivity index (χ4v) is 1.67. The highest BCUT2D eigenvalue weighted by molar-refractivity contribution is 7.84. The first-order valence-corrected chi connectivity index (χ1v) is 6.79. The molecular formula is C11H16N2O3S. The summed E-state index contributed by atoms with van der Waals surface area (Å²) in [5.74, 6) is 0.120. The van der Waals surface area contributed by atoms with Gasteiger partial charge >= 0.3 is 5.97 Å². The largest absolute Gasteiger partial charge is 0.465 e. The highest BCUT2D eigenvalue weighted by Crippen LogP contribution is 2.20. The molecule has 0 bridgehead atoms. The van der Waals surface area contributed by atoms with Gasteiger partial charge in [-0.15, -0.1) is 0 Å². The fraction of sp³-hybridized carbons (Fsp3) is 0.364. The molecule has 0 saturated heterocycles. The first-order valence-electron chi connectivity index (χ1n) is 5.06. The van der Waals surface area contributed by atoms with Crippen molar-refractivity contribution in [1.82, 2.24) is 0 Å².